The first-order valence-corrected chi connectivity index (χ1v) is 6.24. The maximum atomic E-state index is 5.58. The van der Waals surface area contributed by atoms with Crippen LogP contribution in [0, 0.1) is 6.92 Å². The average molecular weight is 215 g/mol. The van der Waals surface area contributed by atoms with Crippen LogP contribution < -0.4 is 0 Å². The molecule has 2 nitrogen and oxygen atoms in total. The quantitative estimate of drug-likeness (QED) is 0.490. The molecule has 0 aliphatic heterocycles. The molecule has 1 atom stereocenters. The molecule has 0 saturated carbocycles. The predicted octanol–water partition coefficient (Wildman–Crippen LogP) is 3.60. The van der Waals surface area contributed by atoms with Crippen molar-refractivity contribution in [3.05, 3.63) is 6.92 Å². The molecule has 91 valence electrons. The fraction of sp³-hybridized carbons (Fsp3) is 0.923. The van der Waals surface area contributed by atoms with Gasteiger partial charge in [0.05, 0.1) is 12.7 Å². The lowest BCUT2D eigenvalue weighted by atomic mass is 10.2. The second-order valence-electron chi connectivity index (χ2n) is 3.99. The van der Waals surface area contributed by atoms with Crippen LogP contribution in [0.15, 0.2) is 0 Å². The summed E-state index contributed by atoms with van der Waals surface area (Å²) in [6.45, 7) is 7.64. The van der Waals surface area contributed by atoms with Gasteiger partial charge < -0.3 is 9.47 Å². The number of rotatable bonds is 11. The molecular weight excluding hydrogens is 188 g/mol. The molecule has 0 spiro atoms. The summed E-state index contributed by atoms with van der Waals surface area (Å²) in [5.74, 6) is 0. The summed E-state index contributed by atoms with van der Waals surface area (Å²) in [6, 6.07) is 0. The average Bonchev–Trinajstić information content (AvgIpc) is 2.27. The Morgan fingerprint density at radius 3 is 2.53 bits per heavy atom. The zero-order valence-electron chi connectivity index (χ0n) is 10.5. The van der Waals surface area contributed by atoms with E-state index in [1.165, 1.54) is 25.7 Å². The fourth-order valence-corrected chi connectivity index (χ4v) is 1.47. The van der Waals surface area contributed by atoms with Gasteiger partial charge in [-0.2, -0.15) is 0 Å². The first-order valence-electron chi connectivity index (χ1n) is 6.24. The van der Waals surface area contributed by atoms with Gasteiger partial charge in [0, 0.05) is 13.7 Å². The van der Waals surface area contributed by atoms with Crippen LogP contribution in [0.4, 0.5) is 0 Å². The third-order valence-corrected chi connectivity index (χ3v) is 2.56. The van der Waals surface area contributed by atoms with Gasteiger partial charge in [0.2, 0.25) is 0 Å². The fourth-order valence-electron chi connectivity index (χ4n) is 1.47. The van der Waals surface area contributed by atoms with Gasteiger partial charge in [0.15, 0.2) is 0 Å². The highest BCUT2D eigenvalue weighted by Crippen LogP contribution is 2.05. The topological polar surface area (TPSA) is 18.5 Å². The van der Waals surface area contributed by atoms with Gasteiger partial charge in [-0.3, -0.25) is 0 Å². The summed E-state index contributed by atoms with van der Waals surface area (Å²) >= 11 is 0. The first-order chi connectivity index (χ1) is 7.35. The standard InChI is InChI=1S/C13H27O2/c1-4-6-8-9-11-15-12-13(14-3)10-7-5-2/h13H,1,4-12H2,2-3H3. The predicted molar refractivity (Wildman–Crippen MR) is 65.0 cm³/mol. The summed E-state index contributed by atoms with van der Waals surface area (Å²) < 4.78 is 10.9. The van der Waals surface area contributed by atoms with E-state index in [1.54, 1.807) is 7.11 Å². The van der Waals surface area contributed by atoms with Crippen LogP contribution in [0.1, 0.15) is 51.9 Å². The second-order valence-corrected chi connectivity index (χ2v) is 3.99. The van der Waals surface area contributed by atoms with Gasteiger partial charge in [-0.15, -0.1) is 0 Å². The Bertz CT molecular complexity index is 115. The van der Waals surface area contributed by atoms with Crippen molar-refractivity contribution in [2.75, 3.05) is 20.3 Å². The molecule has 0 aliphatic rings. The number of hydrogen-bond donors (Lipinski definition) is 0. The van der Waals surface area contributed by atoms with Crippen LogP contribution >= 0.6 is 0 Å². The van der Waals surface area contributed by atoms with E-state index in [4.69, 9.17) is 9.47 Å². The van der Waals surface area contributed by atoms with Gasteiger partial charge in [-0.25, -0.2) is 0 Å². The number of unbranched alkanes of at least 4 members (excludes halogenated alkanes) is 4. The van der Waals surface area contributed by atoms with E-state index in [1.807, 2.05) is 0 Å². The highest BCUT2D eigenvalue weighted by Gasteiger charge is 2.05. The largest absolute Gasteiger partial charge is 0.379 e. The zero-order chi connectivity index (χ0) is 11.4. The lowest BCUT2D eigenvalue weighted by Gasteiger charge is -2.14. The summed E-state index contributed by atoms with van der Waals surface area (Å²) in [5, 5.41) is 0. The normalized spacial score (nSPS) is 13.0. The van der Waals surface area contributed by atoms with Crippen molar-refractivity contribution >= 4 is 0 Å². The molecule has 0 heterocycles. The lowest BCUT2D eigenvalue weighted by Crippen LogP contribution is -2.18. The molecule has 1 unspecified atom stereocenters. The minimum Gasteiger partial charge on any atom is -0.379 e. The Kier molecular flexibility index (Phi) is 11.9. The summed E-state index contributed by atoms with van der Waals surface area (Å²) in [5.41, 5.74) is 0. The van der Waals surface area contributed by atoms with Crippen molar-refractivity contribution in [1.29, 1.82) is 0 Å². The van der Waals surface area contributed by atoms with Crippen molar-refractivity contribution in [2.45, 2.75) is 58.0 Å². The van der Waals surface area contributed by atoms with Gasteiger partial charge >= 0.3 is 0 Å². The highest BCUT2D eigenvalue weighted by atomic mass is 16.5. The molecule has 2 heteroatoms. The van der Waals surface area contributed by atoms with E-state index in [9.17, 15) is 0 Å². The summed E-state index contributed by atoms with van der Waals surface area (Å²) in [4.78, 5) is 0. The molecule has 0 N–H and O–H groups in total. The minimum absolute atomic E-state index is 0.290. The Hall–Kier alpha value is -0.0800. The minimum atomic E-state index is 0.290. The number of hydrogen-bond acceptors (Lipinski definition) is 2. The Morgan fingerprint density at radius 1 is 1.13 bits per heavy atom. The molecule has 0 rings (SSSR count). The molecular formula is C13H27O2. The van der Waals surface area contributed by atoms with Gasteiger partial charge in [0.1, 0.15) is 0 Å². The Labute approximate surface area is 95.3 Å². The van der Waals surface area contributed by atoms with E-state index < -0.39 is 0 Å². The molecule has 15 heavy (non-hydrogen) atoms. The molecule has 0 amide bonds. The highest BCUT2D eigenvalue weighted by molar-refractivity contribution is 4.55. The van der Waals surface area contributed by atoms with E-state index in [0.717, 1.165) is 32.5 Å². The van der Waals surface area contributed by atoms with Crippen LogP contribution in [-0.2, 0) is 9.47 Å². The number of ether oxygens (including phenoxy) is 2. The van der Waals surface area contributed by atoms with Crippen LogP contribution in [0.25, 0.3) is 0 Å². The van der Waals surface area contributed by atoms with Gasteiger partial charge in [-0.1, -0.05) is 46.0 Å². The monoisotopic (exact) mass is 215 g/mol. The third kappa shape index (κ3) is 10.2. The van der Waals surface area contributed by atoms with E-state index in [2.05, 4.69) is 13.8 Å². The Morgan fingerprint density at radius 2 is 1.93 bits per heavy atom. The van der Waals surface area contributed by atoms with Crippen LogP contribution in [-0.4, -0.2) is 26.4 Å². The van der Waals surface area contributed by atoms with Crippen molar-refractivity contribution in [2.24, 2.45) is 0 Å². The second kappa shape index (κ2) is 12.0. The lowest BCUT2D eigenvalue weighted by molar-refractivity contribution is 0.00242. The van der Waals surface area contributed by atoms with Gasteiger partial charge in [0.25, 0.3) is 0 Å². The van der Waals surface area contributed by atoms with Crippen molar-refractivity contribution < 1.29 is 9.47 Å². The molecule has 0 bridgehead atoms. The van der Waals surface area contributed by atoms with E-state index in [-0.39, 0.29) is 6.10 Å². The van der Waals surface area contributed by atoms with Crippen LogP contribution in [0.3, 0.4) is 0 Å². The molecule has 0 saturated heterocycles. The molecule has 0 fully saturated rings. The summed E-state index contributed by atoms with van der Waals surface area (Å²) in [6.07, 6.45) is 8.50. The van der Waals surface area contributed by atoms with Crippen molar-refractivity contribution in [3.63, 3.8) is 0 Å². The summed E-state index contributed by atoms with van der Waals surface area (Å²) in [7, 11) is 1.77. The van der Waals surface area contributed by atoms with Crippen LogP contribution in [0.2, 0.25) is 0 Å². The van der Waals surface area contributed by atoms with Gasteiger partial charge in [-0.05, 0) is 12.8 Å². The first kappa shape index (κ1) is 14.9. The zero-order valence-corrected chi connectivity index (χ0v) is 10.5. The smallest absolute Gasteiger partial charge is 0.0804 e. The van der Waals surface area contributed by atoms with E-state index >= 15 is 0 Å². The van der Waals surface area contributed by atoms with Crippen molar-refractivity contribution in [1.82, 2.24) is 0 Å². The molecule has 0 aromatic heterocycles. The molecule has 0 aliphatic carbocycles. The van der Waals surface area contributed by atoms with E-state index in [0.29, 0.717) is 0 Å². The maximum Gasteiger partial charge on any atom is 0.0804 e. The van der Waals surface area contributed by atoms with Crippen LogP contribution in [0.5, 0.6) is 0 Å². The third-order valence-electron chi connectivity index (χ3n) is 2.56. The molecule has 0 aromatic rings. The number of methoxy groups -OCH3 is 1. The molecule has 1 radical (unpaired) electrons. The van der Waals surface area contributed by atoms with Crippen molar-refractivity contribution in [3.8, 4) is 0 Å². The molecule has 0 aromatic carbocycles. The Balaban J connectivity index is 3.22. The SMILES string of the molecule is [CH2]CCCCCOCC(CCCC)OC. The maximum absolute atomic E-state index is 5.58.